The summed E-state index contributed by atoms with van der Waals surface area (Å²) in [6.07, 6.45) is 3.38. The van der Waals surface area contributed by atoms with Crippen LogP contribution in [0, 0.1) is 5.82 Å². The standard InChI is InChI=1S/C15H15FN4/c1-15(2,17)11-9-13-18-7-8-20(13)19-14(11)10-5-3-4-6-12(10)16/h3-9H,17H2,1-2H3. The molecule has 0 saturated carbocycles. The molecule has 2 heterocycles. The molecule has 2 N–H and O–H groups in total. The topological polar surface area (TPSA) is 56.2 Å². The third-order valence-electron chi connectivity index (χ3n) is 3.21. The van der Waals surface area contributed by atoms with Crippen LogP contribution < -0.4 is 5.73 Å². The predicted molar refractivity (Wildman–Crippen MR) is 75.6 cm³/mol. The number of nitrogens with two attached hydrogens (primary N) is 1. The van der Waals surface area contributed by atoms with Gasteiger partial charge in [-0.25, -0.2) is 13.9 Å². The molecule has 0 unspecified atom stereocenters. The Hall–Kier alpha value is -2.27. The van der Waals surface area contributed by atoms with Crippen molar-refractivity contribution >= 4 is 5.65 Å². The number of hydrogen-bond donors (Lipinski definition) is 1. The highest BCUT2D eigenvalue weighted by Gasteiger charge is 2.23. The summed E-state index contributed by atoms with van der Waals surface area (Å²) in [5.74, 6) is -0.315. The molecule has 0 spiro atoms. The van der Waals surface area contributed by atoms with E-state index < -0.39 is 5.54 Å². The van der Waals surface area contributed by atoms with E-state index in [1.807, 2.05) is 19.9 Å². The van der Waals surface area contributed by atoms with E-state index in [0.717, 1.165) is 5.56 Å². The van der Waals surface area contributed by atoms with Crippen molar-refractivity contribution < 1.29 is 4.39 Å². The van der Waals surface area contributed by atoms with Crippen LogP contribution in [-0.2, 0) is 5.54 Å². The fourth-order valence-corrected chi connectivity index (χ4v) is 2.20. The van der Waals surface area contributed by atoms with Gasteiger partial charge in [0.05, 0.1) is 5.69 Å². The average Bonchev–Trinajstić information content (AvgIpc) is 2.84. The molecule has 0 saturated heterocycles. The van der Waals surface area contributed by atoms with E-state index in [0.29, 0.717) is 16.9 Å². The lowest BCUT2D eigenvalue weighted by Gasteiger charge is -2.22. The first-order chi connectivity index (χ1) is 9.47. The number of hydrogen-bond acceptors (Lipinski definition) is 3. The zero-order valence-corrected chi connectivity index (χ0v) is 11.3. The molecular weight excluding hydrogens is 255 g/mol. The fourth-order valence-electron chi connectivity index (χ4n) is 2.20. The molecule has 20 heavy (non-hydrogen) atoms. The van der Waals surface area contributed by atoms with Crippen LogP contribution in [0.3, 0.4) is 0 Å². The van der Waals surface area contributed by atoms with E-state index in [4.69, 9.17) is 5.73 Å². The SMILES string of the molecule is CC(C)(N)c1cc2nccn2nc1-c1ccccc1F. The average molecular weight is 270 g/mol. The number of aromatic nitrogens is 3. The van der Waals surface area contributed by atoms with Gasteiger partial charge in [0.15, 0.2) is 5.65 Å². The zero-order chi connectivity index (χ0) is 14.3. The molecular formula is C15H15FN4. The Morgan fingerprint density at radius 3 is 2.70 bits per heavy atom. The van der Waals surface area contributed by atoms with Gasteiger partial charge in [0.25, 0.3) is 0 Å². The maximum atomic E-state index is 14.1. The van der Waals surface area contributed by atoms with Gasteiger partial charge in [0, 0.05) is 29.1 Å². The van der Waals surface area contributed by atoms with Crippen molar-refractivity contribution in [2.24, 2.45) is 5.73 Å². The highest BCUT2D eigenvalue weighted by molar-refractivity contribution is 5.66. The van der Waals surface area contributed by atoms with Crippen molar-refractivity contribution in [3.8, 4) is 11.3 Å². The van der Waals surface area contributed by atoms with Gasteiger partial charge in [-0.2, -0.15) is 5.10 Å². The van der Waals surface area contributed by atoms with Crippen LogP contribution in [0.25, 0.3) is 16.9 Å². The summed E-state index contributed by atoms with van der Waals surface area (Å²) in [6.45, 7) is 3.74. The van der Waals surface area contributed by atoms with Crippen molar-refractivity contribution in [2.75, 3.05) is 0 Å². The van der Waals surface area contributed by atoms with Gasteiger partial charge in [-0.3, -0.25) is 0 Å². The summed E-state index contributed by atoms with van der Waals surface area (Å²) in [5, 5.41) is 4.47. The van der Waals surface area contributed by atoms with Gasteiger partial charge < -0.3 is 5.73 Å². The van der Waals surface area contributed by atoms with Gasteiger partial charge in [-0.05, 0) is 32.0 Å². The number of fused-ring (bicyclic) bond motifs is 1. The van der Waals surface area contributed by atoms with E-state index in [9.17, 15) is 4.39 Å². The highest BCUT2D eigenvalue weighted by Crippen LogP contribution is 2.30. The molecule has 0 aliphatic heterocycles. The van der Waals surface area contributed by atoms with Gasteiger partial charge in [0.2, 0.25) is 0 Å². The molecule has 0 aliphatic carbocycles. The molecule has 3 aromatic rings. The van der Waals surface area contributed by atoms with Crippen LogP contribution in [-0.4, -0.2) is 14.6 Å². The Bertz CT molecular complexity index is 771. The molecule has 4 nitrogen and oxygen atoms in total. The van der Waals surface area contributed by atoms with Gasteiger partial charge >= 0.3 is 0 Å². The Kier molecular flexibility index (Phi) is 2.79. The van der Waals surface area contributed by atoms with Crippen molar-refractivity contribution in [1.29, 1.82) is 0 Å². The minimum absolute atomic E-state index is 0.315. The number of benzene rings is 1. The second kappa shape index (κ2) is 4.38. The fraction of sp³-hybridized carbons (Fsp3) is 0.200. The lowest BCUT2D eigenvalue weighted by atomic mass is 9.91. The zero-order valence-electron chi connectivity index (χ0n) is 11.3. The van der Waals surface area contributed by atoms with E-state index in [2.05, 4.69) is 10.1 Å². The van der Waals surface area contributed by atoms with Crippen LogP contribution in [0.15, 0.2) is 42.7 Å². The first kappa shape index (κ1) is 12.7. The molecule has 0 fully saturated rings. The number of nitrogens with zero attached hydrogens (tertiary/aromatic N) is 3. The largest absolute Gasteiger partial charge is 0.322 e. The van der Waals surface area contributed by atoms with Crippen LogP contribution >= 0.6 is 0 Å². The van der Waals surface area contributed by atoms with E-state index in [1.54, 1.807) is 35.1 Å². The maximum absolute atomic E-state index is 14.1. The lowest BCUT2D eigenvalue weighted by Crippen LogP contribution is -2.30. The van der Waals surface area contributed by atoms with Crippen LogP contribution in [0.4, 0.5) is 4.39 Å². The Morgan fingerprint density at radius 1 is 1.25 bits per heavy atom. The van der Waals surface area contributed by atoms with Crippen molar-refractivity contribution in [2.45, 2.75) is 19.4 Å². The molecule has 2 aromatic heterocycles. The van der Waals surface area contributed by atoms with E-state index in [1.165, 1.54) is 6.07 Å². The molecule has 102 valence electrons. The predicted octanol–water partition coefficient (Wildman–Crippen LogP) is 2.73. The lowest BCUT2D eigenvalue weighted by molar-refractivity contribution is 0.550. The first-order valence-electron chi connectivity index (χ1n) is 6.35. The second-order valence-corrected chi connectivity index (χ2v) is 5.34. The third kappa shape index (κ3) is 2.06. The maximum Gasteiger partial charge on any atom is 0.153 e. The molecule has 0 aliphatic rings. The third-order valence-corrected chi connectivity index (χ3v) is 3.21. The van der Waals surface area contributed by atoms with Crippen molar-refractivity contribution in [3.05, 3.63) is 54.1 Å². The van der Waals surface area contributed by atoms with E-state index >= 15 is 0 Å². The summed E-state index contributed by atoms with van der Waals surface area (Å²) >= 11 is 0. The molecule has 0 radical (unpaired) electrons. The summed E-state index contributed by atoms with van der Waals surface area (Å²) in [4.78, 5) is 4.20. The summed E-state index contributed by atoms with van der Waals surface area (Å²) < 4.78 is 15.7. The van der Waals surface area contributed by atoms with Gasteiger partial charge in [0.1, 0.15) is 5.82 Å². The van der Waals surface area contributed by atoms with Gasteiger partial charge in [-0.1, -0.05) is 12.1 Å². The molecule has 0 amide bonds. The molecule has 3 rings (SSSR count). The summed E-state index contributed by atoms with van der Waals surface area (Å²) in [5.41, 5.74) is 8.01. The monoisotopic (exact) mass is 270 g/mol. The highest BCUT2D eigenvalue weighted by atomic mass is 19.1. The molecule has 0 atom stereocenters. The second-order valence-electron chi connectivity index (χ2n) is 5.34. The van der Waals surface area contributed by atoms with Crippen molar-refractivity contribution in [1.82, 2.24) is 14.6 Å². The number of halogens is 1. The van der Waals surface area contributed by atoms with Crippen molar-refractivity contribution in [3.63, 3.8) is 0 Å². The summed E-state index contributed by atoms with van der Waals surface area (Å²) in [6, 6.07) is 8.42. The minimum atomic E-state index is -0.641. The van der Waals surface area contributed by atoms with Crippen LogP contribution in [0.2, 0.25) is 0 Å². The molecule has 5 heteroatoms. The number of rotatable bonds is 2. The molecule has 0 bridgehead atoms. The summed E-state index contributed by atoms with van der Waals surface area (Å²) in [7, 11) is 0. The number of imidazole rings is 1. The van der Waals surface area contributed by atoms with E-state index in [-0.39, 0.29) is 5.82 Å². The Labute approximate surface area is 116 Å². The normalized spacial score (nSPS) is 12.0. The van der Waals surface area contributed by atoms with Crippen LogP contribution in [0.5, 0.6) is 0 Å². The smallest absolute Gasteiger partial charge is 0.153 e. The minimum Gasteiger partial charge on any atom is -0.322 e. The quantitative estimate of drug-likeness (QED) is 0.779. The molecule has 1 aromatic carbocycles. The van der Waals surface area contributed by atoms with Gasteiger partial charge in [-0.15, -0.1) is 0 Å². The Balaban J connectivity index is 2.35. The Morgan fingerprint density at radius 2 is 2.00 bits per heavy atom. The first-order valence-corrected chi connectivity index (χ1v) is 6.35. The van der Waals surface area contributed by atoms with Crippen LogP contribution in [0.1, 0.15) is 19.4 Å².